The molecule has 3 rings (SSSR count). The van der Waals surface area contributed by atoms with Gasteiger partial charge in [0.1, 0.15) is 6.54 Å². The molecule has 1 fully saturated rings. The molecule has 0 aliphatic carbocycles. The van der Waals surface area contributed by atoms with Gasteiger partial charge in [-0.05, 0) is 40.4 Å². The molecule has 100 valence electrons. The molecule has 0 saturated carbocycles. The molecule has 2 amide bonds. The number of carbonyl (C=O) groups excluding carboxylic acids is 2. The number of carbonyl (C=O) groups is 2. The zero-order valence-corrected chi connectivity index (χ0v) is 12.1. The van der Waals surface area contributed by atoms with Gasteiger partial charge in [-0.3, -0.25) is 9.59 Å². The predicted molar refractivity (Wildman–Crippen MR) is 74.7 cm³/mol. The van der Waals surface area contributed by atoms with Crippen LogP contribution in [0.3, 0.4) is 0 Å². The van der Waals surface area contributed by atoms with Crippen LogP contribution in [0, 0.1) is 0 Å². The monoisotopic (exact) mass is 322 g/mol. The minimum atomic E-state index is -0.0463. The van der Waals surface area contributed by atoms with Crippen molar-refractivity contribution in [1.29, 1.82) is 0 Å². The topological polar surface area (TPSA) is 40.6 Å². The lowest BCUT2D eigenvalue weighted by molar-refractivity contribution is -0.130. The minimum absolute atomic E-state index is 0.0463. The maximum absolute atomic E-state index is 12.3. The maximum atomic E-state index is 12.3. The van der Waals surface area contributed by atoms with Gasteiger partial charge < -0.3 is 9.80 Å². The summed E-state index contributed by atoms with van der Waals surface area (Å²) in [5, 5.41) is 0. The van der Waals surface area contributed by atoms with Crippen LogP contribution >= 0.6 is 15.9 Å². The molecule has 5 heteroatoms. The first-order chi connectivity index (χ1) is 9.16. The number of benzene rings is 1. The Labute approximate surface area is 120 Å². The molecule has 2 aliphatic heterocycles. The molecule has 0 unspecified atom stereocenters. The van der Waals surface area contributed by atoms with Gasteiger partial charge in [-0.1, -0.05) is 12.1 Å². The second-order valence-electron chi connectivity index (χ2n) is 5.02. The molecule has 0 N–H and O–H groups in total. The molecule has 0 spiro atoms. The van der Waals surface area contributed by atoms with Crippen LogP contribution in [0.1, 0.15) is 28.8 Å². The van der Waals surface area contributed by atoms with E-state index in [-0.39, 0.29) is 18.4 Å². The van der Waals surface area contributed by atoms with E-state index in [1.807, 2.05) is 23.1 Å². The lowest BCUT2D eigenvalue weighted by Gasteiger charge is -2.20. The number of hydrogen-bond donors (Lipinski definition) is 0. The smallest absolute Gasteiger partial charge is 0.256 e. The highest BCUT2D eigenvalue weighted by Crippen LogP contribution is 2.29. The summed E-state index contributed by atoms with van der Waals surface area (Å²) < 4.78 is 0.811. The van der Waals surface area contributed by atoms with Crippen LogP contribution in [0.25, 0.3) is 0 Å². The van der Waals surface area contributed by atoms with Crippen LogP contribution in [-0.4, -0.2) is 41.2 Å². The third-order valence-electron chi connectivity index (χ3n) is 3.75. The highest BCUT2D eigenvalue weighted by Gasteiger charge is 2.31. The van der Waals surface area contributed by atoms with Gasteiger partial charge in [0.25, 0.3) is 5.91 Å². The van der Waals surface area contributed by atoms with E-state index in [0.29, 0.717) is 12.1 Å². The fourth-order valence-electron chi connectivity index (χ4n) is 2.73. The summed E-state index contributed by atoms with van der Waals surface area (Å²) in [4.78, 5) is 27.9. The molecule has 0 bridgehead atoms. The summed E-state index contributed by atoms with van der Waals surface area (Å²) in [5.74, 6) is 0.0183. The van der Waals surface area contributed by atoms with Crippen molar-refractivity contribution in [2.24, 2.45) is 0 Å². The van der Waals surface area contributed by atoms with Crippen molar-refractivity contribution in [3.05, 3.63) is 33.8 Å². The normalized spacial score (nSPS) is 18.1. The number of fused-ring (bicyclic) bond motifs is 1. The Kier molecular flexibility index (Phi) is 3.31. The summed E-state index contributed by atoms with van der Waals surface area (Å²) >= 11 is 3.40. The first-order valence-corrected chi connectivity index (χ1v) is 7.30. The third-order valence-corrected chi connectivity index (χ3v) is 4.41. The third kappa shape index (κ3) is 2.27. The first-order valence-electron chi connectivity index (χ1n) is 6.51. The van der Waals surface area contributed by atoms with Crippen LogP contribution in [0.2, 0.25) is 0 Å². The Bertz CT molecular complexity index is 538. The van der Waals surface area contributed by atoms with Crippen LogP contribution in [0.5, 0.6) is 0 Å². The number of amides is 2. The van der Waals surface area contributed by atoms with E-state index in [4.69, 9.17) is 0 Å². The molecule has 19 heavy (non-hydrogen) atoms. The van der Waals surface area contributed by atoms with Gasteiger partial charge in [0.15, 0.2) is 0 Å². The van der Waals surface area contributed by atoms with Crippen molar-refractivity contribution in [3.63, 3.8) is 0 Å². The molecule has 1 aromatic rings. The molecular formula is C14H15BrN2O2. The maximum Gasteiger partial charge on any atom is 0.256 e. The second-order valence-corrected chi connectivity index (χ2v) is 5.88. The standard InChI is InChI=1S/C14H15BrN2O2/c15-11-5-3-4-10-8-17(14(19)13(10)11)9-12(18)16-6-1-2-7-16/h3-5H,1-2,6-9H2. The zero-order chi connectivity index (χ0) is 13.4. The van der Waals surface area contributed by atoms with Crippen LogP contribution in [0.15, 0.2) is 22.7 Å². The van der Waals surface area contributed by atoms with Gasteiger partial charge in [-0.2, -0.15) is 0 Å². The minimum Gasteiger partial charge on any atom is -0.341 e. The van der Waals surface area contributed by atoms with Crippen LogP contribution in [0.4, 0.5) is 0 Å². The van der Waals surface area contributed by atoms with E-state index in [2.05, 4.69) is 15.9 Å². The summed E-state index contributed by atoms with van der Waals surface area (Å²) in [5.41, 5.74) is 1.70. The van der Waals surface area contributed by atoms with Crippen molar-refractivity contribution in [2.75, 3.05) is 19.6 Å². The highest BCUT2D eigenvalue weighted by molar-refractivity contribution is 9.10. The molecule has 1 aromatic carbocycles. The van der Waals surface area contributed by atoms with Crippen LogP contribution < -0.4 is 0 Å². The van der Waals surface area contributed by atoms with Gasteiger partial charge in [0, 0.05) is 24.1 Å². The van der Waals surface area contributed by atoms with E-state index in [9.17, 15) is 9.59 Å². The molecule has 0 radical (unpaired) electrons. The van der Waals surface area contributed by atoms with E-state index >= 15 is 0 Å². The van der Waals surface area contributed by atoms with E-state index < -0.39 is 0 Å². The average molecular weight is 323 g/mol. The molecular weight excluding hydrogens is 308 g/mol. The van der Waals surface area contributed by atoms with Gasteiger partial charge >= 0.3 is 0 Å². The number of nitrogens with zero attached hydrogens (tertiary/aromatic N) is 2. The van der Waals surface area contributed by atoms with Gasteiger partial charge in [0.2, 0.25) is 5.91 Å². The van der Waals surface area contributed by atoms with E-state index in [1.165, 1.54) is 0 Å². The lowest BCUT2D eigenvalue weighted by atomic mass is 10.1. The zero-order valence-electron chi connectivity index (χ0n) is 10.6. The highest BCUT2D eigenvalue weighted by atomic mass is 79.9. The van der Waals surface area contributed by atoms with Gasteiger partial charge in [-0.25, -0.2) is 0 Å². The molecule has 4 nitrogen and oxygen atoms in total. The molecule has 2 aliphatic rings. The number of likely N-dealkylation sites (tertiary alicyclic amines) is 1. The number of hydrogen-bond acceptors (Lipinski definition) is 2. The lowest BCUT2D eigenvalue weighted by Crippen LogP contribution is -2.39. The Morgan fingerprint density at radius 1 is 1.26 bits per heavy atom. The van der Waals surface area contributed by atoms with E-state index in [0.717, 1.165) is 36.0 Å². The van der Waals surface area contributed by atoms with Crippen LogP contribution in [-0.2, 0) is 11.3 Å². The largest absolute Gasteiger partial charge is 0.341 e. The predicted octanol–water partition coefficient (Wildman–Crippen LogP) is 2.03. The van der Waals surface area contributed by atoms with Crippen molar-refractivity contribution >= 4 is 27.7 Å². The Morgan fingerprint density at radius 2 is 2.00 bits per heavy atom. The SMILES string of the molecule is O=C(CN1Cc2cccc(Br)c2C1=O)N1CCCC1. The van der Waals surface area contributed by atoms with Gasteiger partial charge in [-0.15, -0.1) is 0 Å². The molecule has 1 saturated heterocycles. The summed E-state index contributed by atoms with van der Waals surface area (Å²) in [6.45, 7) is 2.39. The quantitative estimate of drug-likeness (QED) is 0.836. The fraction of sp³-hybridized carbons (Fsp3) is 0.429. The number of rotatable bonds is 2. The molecule has 0 atom stereocenters. The van der Waals surface area contributed by atoms with Crippen molar-refractivity contribution in [3.8, 4) is 0 Å². The Morgan fingerprint density at radius 3 is 2.68 bits per heavy atom. The molecule has 2 heterocycles. The van der Waals surface area contributed by atoms with Crippen molar-refractivity contribution in [1.82, 2.24) is 9.80 Å². The van der Waals surface area contributed by atoms with Gasteiger partial charge in [0.05, 0.1) is 5.56 Å². The molecule has 0 aromatic heterocycles. The number of halogens is 1. The average Bonchev–Trinajstić information content (AvgIpc) is 2.99. The summed E-state index contributed by atoms with van der Waals surface area (Å²) in [6.07, 6.45) is 2.15. The Hall–Kier alpha value is -1.36. The summed E-state index contributed by atoms with van der Waals surface area (Å²) in [6, 6.07) is 5.73. The summed E-state index contributed by atoms with van der Waals surface area (Å²) in [7, 11) is 0. The fourth-order valence-corrected chi connectivity index (χ4v) is 3.31. The Balaban J connectivity index is 1.73. The first kappa shape index (κ1) is 12.7. The van der Waals surface area contributed by atoms with Crippen molar-refractivity contribution in [2.45, 2.75) is 19.4 Å². The van der Waals surface area contributed by atoms with Crippen molar-refractivity contribution < 1.29 is 9.59 Å². The van der Waals surface area contributed by atoms with E-state index in [1.54, 1.807) is 4.90 Å². The second kappa shape index (κ2) is 4.96.